The minimum absolute atomic E-state index is 0.0981. The number of hydrogen-bond acceptors (Lipinski definition) is 1. The first-order valence-electron chi connectivity index (χ1n) is 5.33. The molecule has 1 saturated carbocycles. The van der Waals surface area contributed by atoms with Crippen LogP contribution in [-0.2, 0) is 6.54 Å². The standard InChI is InChI=1S/C12H15F2N/c13-12(14)11-5-3-10(4-6-11)8-15-7-9-1-2-9/h3-6,9,12,15H,1-2,7-8H2. The van der Waals surface area contributed by atoms with Crippen molar-refractivity contribution in [2.45, 2.75) is 25.8 Å². The van der Waals surface area contributed by atoms with Gasteiger partial charge in [-0.25, -0.2) is 8.78 Å². The van der Waals surface area contributed by atoms with Crippen LogP contribution in [0.5, 0.6) is 0 Å². The highest BCUT2D eigenvalue weighted by molar-refractivity contribution is 5.23. The molecule has 1 aromatic rings. The molecule has 82 valence electrons. The van der Waals surface area contributed by atoms with Crippen molar-refractivity contribution in [1.82, 2.24) is 5.32 Å². The fourth-order valence-corrected chi connectivity index (χ4v) is 1.52. The molecule has 0 unspecified atom stereocenters. The lowest BCUT2D eigenvalue weighted by Crippen LogP contribution is -2.15. The van der Waals surface area contributed by atoms with Gasteiger partial charge in [0.1, 0.15) is 0 Å². The second-order valence-corrected chi connectivity index (χ2v) is 4.12. The van der Waals surface area contributed by atoms with Crippen molar-refractivity contribution in [2.24, 2.45) is 5.92 Å². The molecule has 0 amide bonds. The number of benzene rings is 1. The molecule has 1 aromatic carbocycles. The van der Waals surface area contributed by atoms with Crippen LogP contribution < -0.4 is 5.32 Å². The first-order chi connectivity index (χ1) is 7.25. The van der Waals surface area contributed by atoms with Crippen LogP contribution in [0, 0.1) is 5.92 Å². The Bertz CT molecular complexity index is 304. The highest BCUT2D eigenvalue weighted by Crippen LogP contribution is 2.27. The second-order valence-electron chi connectivity index (χ2n) is 4.12. The predicted molar refractivity (Wildman–Crippen MR) is 55.8 cm³/mol. The third-order valence-electron chi connectivity index (χ3n) is 2.69. The Balaban J connectivity index is 1.80. The van der Waals surface area contributed by atoms with E-state index in [9.17, 15) is 8.78 Å². The third-order valence-corrected chi connectivity index (χ3v) is 2.69. The summed E-state index contributed by atoms with van der Waals surface area (Å²) in [5.41, 5.74) is 1.17. The number of alkyl halides is 2. The van der Waals surface area contributed by atoms with Gasteiger partial charge in [0.05, 0.1) is 0 Å². The Morgan fingerprint density at radius 1 is 1.20 bits per heavy atom. The smallest absolute Gasteiger partial charge is 0.263 e. The van der Waals surface area contributed by atoms with E-state index in [0.717, 1.165) is 24.6 Å². The van der Waals surface area contributed by atoms with Crippen molar-refractivity contribution in [2.75, 3.05) is 6.54 Å². The zero-order valence-corrected chi connectivity index (χ0v) is 8.55. The van der Waals surface area contributed by atoms with Gasteiger partial charge >= 0.3 is 0 Å². The monoisotopic (exact) mass is 211 g/mol. The van der Waals surface area contributed by atoms with Crippen LogP contribution >= 0.6 is 0 Å². The van der Waals surface area contributed by atoms with Crippen LogP contribution in [0.15, 0.2) is 24.3 Å². The van der Waals surface area contributed by atoms with Gasteiger partial charge in [0.2, 0.25) is 0 Å². The van der Waals surface area contributed by atoms with Gasteiger partial charge in [-0.1, -0.05) is 24.3 Å². The summed E-state index contributed by atoms with van der Waals surface area (Å²) in [7, 11) is 0. The Hall–Kier alpha value is -0.960. The normalized spacial score (nSPS) is 15.9. The molecule has 0 bridgehead atoms. The minimum atomic E-state index is -2.36. The van der Waals surface area contributed by atoms with Gasteiger partial charge in [-0.05, 0) is 30.9 Å². The summed E-state index contributed by atoms with van der Waals surface area (Å²) >= 11 is 0. The van der Waals surface area contributed by atoms with Crippen molar-refractivity contribution >= 4 is 0 Å². The molecule has 0 spiro atoms. The second kappa shape index (κ2) is 4.71. The SMILES string of the molecule is FC(F)c1ccc(CNCC2CC2)cc1. The predicted octanol–water partition coefficient (Wildman–Crippen LogP) is 3.12. The molecule has 1 N–H and O–H groups in total. The lowest BCUT2D eigenvalue weighted by atomic mass is 10.1. The van der Waals surface area contributed by atoms with Crippen LogP contribution in [0.1, 0.15) is 30.4 Å². The van der Waals surface area contributed by atoms with Crippen molar-refractivity contribution in [3.63, 3.8) is 0 Å². The summed E-state index contributed by atoms with van der Waals surface area (Å²) in [6.45, 7) is 1.83. The maximum absolute atomic E-state index is 12.2. The van der Waals surface area contributed by atoms with E-state index in [2.05, 4.69) is 5.32 Å². The Morgan fingerprint density at radius 2 is 1.87 bits per heavy atom. The highest BCUT2D eigenvalue weighted by Gasteiger charge is 2.20. The quantitative estimate of drug-likeness (QED) is 0.789. The van der Waals surface area contributed by atoms with Gasteiger partial charge < -0.3 is 5.32 Å². The van der Waals surface area contributed by atoms with E-state index in [-0.39, 0.29) is 5.56 Å². The van der Waals surface area contributed by atoms with Gasteiger partial charge in [-0.3, -0.25) is 0 Å². The highest BCUT2D eigenvalue weighted by atomic mass is 19.3. The zero-order valence-electron chi connectivity index (χ0n) is 8.55. The van der Waals surface area contributed by atoms with Gasteiger partial charge in [0, 0.05) is 12.1 Å². The number of rotatable bonds is 5. The summed E-state index contributed by atoms with van der Waals surface area (Å²) in [6.07, 6.45) is 0.299. The molecule has 3 heteroatoms. The molecule has 1 fully saturated rings. The van der Waals surface area contributed by atoms with Crippen LogP contribution in [-0.4, -0.2) is 6.54 Å². The molecule has 0 aromatic heterocycles. The Kier molecular flexibility index (Phi) is 3.31. The molecule has 0 atom stereocenters. The van der Waals surface area contributed by atoms with Gasteiger partial charge in [0.15, 0.2) is 0 Å². The van der Waals surface area contributed by atoms with Gasteiger partial charge in [-0.15, -0.1) is 0 Å². The van der Waals surface area contributed by atoms with E-state index in [1.807, 2.05) is 0 Å². The Morgan fingerprint density at radius 3 is 2.40 bits per heavy atom. The van der Waals surface area contributed by atoms with E-state index in [0.29, 0.717) is 0 Å². The van der Waals surface area contributed by atoms with Gasteiger partial charge in [0.25, 0.3) is 6.43 Å². The van der Waals surface area contributed by atoms with Gasteiger partial charge in [-0.2, -0.15) is 0 Å². The largest absolute Gasteiger partial charge is 0.312 e. The molecular weight excluding hydrogens is 196 g/mol. The molecule has 0 radical (unpaired) electrons. The molecule has 0 aliphatic heterocycles. The molecular formula is C12H15F2N. The molecule has 0 saturated heterocycles. The summed E-state index contributed by atoms with van der Waals surface area (Å²) in [5.74, 6) is 0.852. The summed E-state index contributed by atoms with van der Waals surface area (Å²) in [4.78, 5) is 0. The average molecular weight is 211 g/mol. The van der Waals surface area contributed by atoms with E-state index in [1.54, 1.807) is 12.1 Å². The maximum Gasteiger partial charge on any atom is 0.263 e. The minimum Gasteiger partial charge on any atom is -0.312 e. The molecule has 0 heterocycles. The summed E-state index contributed by atoms with van der Waals surface area (Å²) < 4.78 is 24.5. The first kappa shape index (κ1) is 10.6. The number of halogens is 2. The van der Waals surface area contributed by atoms with Crippen LogP contribution in [0.25, 0.3) is 0 Å². The van der Waals surface area contributed by atoms with E-state index in [1.165, 1.54) is 25.0 Å². The van der Waals surface area contributed by atoms with Crippen molar-refractivity contribution < 1.29 is 8.78 Å². The van der Waals surface area contributed by atoms with Crippen LogP contribution in [0.3, 0.4) is 0 Å². The lowest BCUT2D eigenvalue weighted by molar-refractivity contribution is 0.151. The van der Waals surface area contributed by atoms with Crippen LogP contribution in [0.4, 0.5) is 8.78 Å². The van der Waals surface area contributed by atoms with Crippen LogP contribution in [0.2, 0.25) is 0 Å². The lowest BCUT2D eigenvalue weighted by Gasteiger charge is -2.05. The Labute approximate surface area is 88.5 Å². The maximum atomic E-state index is 12.2. The molecule has 1 nitrogen and oxygen atoms in total. The molecule has 1 aliphatic rings. The van der Waals surface area contributed by atoms with E-state index in [4.69, 9.17) is 0 Å². The fraction of sp³-hybridized carbons (Fsp3) is 0.500. The topological polar surface area (TPSA) is 12.0 Å². The molecule has 15 heavy (non-hydrogen) atoms. The first-order valence-corrected chi connectivity index (χ1v) is 5.33. The summed E-state index contributed by atoms with van der Waals surface area (Å²) in [6, 6.07) is 6.53. The fourth-order valence-electron chi connectivity index (χ4n) is 1.52. The molecule has 1 aliphatic carbocycles. The summed E-state index contributed by atoms with van der Waals surface area (Å²) in [5, 5.41) is 3.32. The number of nitrogens with one attached hydrogen (secondary N) is 1. The van der Waals surface area contributed by atoms with Crippen molar-refractivity contribution in [1.29, 1.82) is 0 Å². The average Bonchev–Trinajstić information content (AvgIpc) is 3.02. The third kappa shape index (κ3) is 3.27. The van der Waals surface area contributed by atoms with E-state index >= 15 is 0 Å². The van der Waals surface area contributed by atoms with Crippen molar-refractivity contribution in [3.05, 3.63) is 35.4 Å². The zero-order chi connectivity index (χ0) is 10.7. The van der Waals surface area contributed by atoms with Crippen molar-refractivity contribution in [3.8, 4) is 0 Å². The number of hydrogen-bond donors (Lipinski definition) is 1. The van der Waals surface area contributed by atoms with E-state index < -0.39 is 6.43 Å². The molecule has 2 rings (SSSR count).